The van der Waals surface area contributed by atoms with Crippen molar-refractivity contribution in [1.82, 2.24) is 10.2 Å². The number of hydrazine groups is 1. The second-order valence-corrected chi connectivity index (χ2v) is 9.58. The summed E-state index contributed by atoms with van der Waals surface area (Å²) in [5.74, 6) is 0. The minimum absolute atomic E-state index is 1.46. The molecule has 0 fully saturated rings. The number of hydrogen-bond donors (Lipinski definition) is 2. The third-order valence-corrected chi connectivity index (χ3v) is 2.35. The summed E-state index contributed by atoms with van der Waals surface area (Å²) < 4.78 is 25.5. The van der Waals surface area contributed by atoms with E-state index < -0.39 is 17.1 Å². The van der Waals surface area contributed by atoms with E-state index >= 15 is 0 Å². The van der Waals surface area contributed by atoms with Crippen LogP contribution in [0.3, 0.4) is 0 Å². The summed E-state index contributed by atoms with van der Waals surface area (Å²) in [6.45, 7) is 5.83. The Bertz CT molecular complexity index is 92.8. The van der Waals surface area contributed by atoms with E-state index in [4.69, 9.17) is 0 Å². The molecule has 2 nitrogen and oxygen atoms in total. The largest absolute Gasteiger partial charge is 0.325 e. The van der Waals surface area contributed by atoms with E-state index in [-0.39, 0.29) is 0 Å². The first kappa shape index (κ1) is 10.2. The van der Waals surface area contributed by atoms with Crippen molar-refractivity contribution in [2.24, 2.45) is 0 Å². The van der Waals surface area contributed by atoms with Crippen LogP contribution in [0.25, 0.3) is 0 Å². The SMILES string of the molecule is C[Si](C)(F)NN[Si](C)(C)F. The van der Waals surface area contributed by atoms with Crippen LogP contribution in [0.1, 0.15) is 0 Å². The van der Waals surface area contributed by atoms with Crippen LogP contribution in [0.15, 0.2) is 0 Å². The summed E-state index contributed by atoms with van der Waals surface area (Å²) >= 11 is 0. The van der Waals surface area contributed by atoms with Gasteiger partial charge >= 0.3 is 17.1 Å². The van der Waals surface area contributed by atoms with Crippen molar-refractivity contribution in [2.45, 2.75) is 26.2 Å². The van der Waals surface area contributed by atoms with Gasteiger partial charge in [-0.05, 0) is 26.2 Å². The van der Waals surface area contributed by atoms with Gasteiger partial charge in [0.1, 0.15) is 0 Å². The molecule has 0 aliphatic rings. The number of nitrogens with one attached hydrogen (secondary N) is 2. The van der Waals surface area contributed by atoms with Crippen molar-refractivity contribution in [2.75, 3.05) is 0 Å². The summed E-state index contributed by atoms with van der Waals surface area (Å²) in [7, 11) is -5.67. The van der Waals surface area contributed by atoms with Gasteiger partial charge in [0, 0.05) is 0 Å². The lowest BCUT2D eigenvalue weighted by atomic mass is 11.9. The normalized spacial score (nSPS) is 13.8. The van der Waals surface area contributed by atoms with E-state index in [1.807, 2.05) is 0 Å². The zero-order valence-electron chi connectivity index (χ0n) is 6.76. The maximum absolute atomic E-state index is 12.7. The first-order valence-electron chi connectivity index (χ1n) is 3.13. The fraction of sp³-hybridized carbons (Fsp3) is 1.00. The molecule has 0 spiro atoms. The molecule has 0 bridgehead atoms. The second-order valence-electron chi connectivity index (χ2n) is 3.19. The van der Waals surface area contributed by atoms with Crippen LogP contribution < -0.4 is 10.2 Å². The Morgan fingerprint density at radius 2 is 1.00 bits per heavy atom. The lowest BCUT2D eigenvalue weighted by Crippen LogP contribution is -2.58. The second kappa shape index (κ2) is 3.08. The van der Waals surface area contributed by atoms with Crippen LogP contribution in [0.4, 0.5) is 8.22 Å². The predicted octanol–water partition coefficient (Wildman–Crippen LogP) is 1.42. The summed E-state index contributed by atoms with van der Waals surface area (Å²) in [4.78, 5) is 0. The molecule has 0 rings (SSSR count). The molecule has 6 heteroatoms. The third kappa shape index (κ3) is 8.21. The molecule has 2 N–H and O–H groups in total. The molecule has 0 aliphatic carbocycles. The van der Waals surface area contributed by atoms with Gasteiger partial charge in [0.25, 0.3) is 0 Å². The molecule has 0 aliphatic heterocycles. The molecule has 0 amide bonds. The van der Waals surface area contributed by atoms with Crippen LogP contribution >= 0.6 is 0 Å². The summed E-state index contributed by atoms with van der Waals surface area (Å²) in [5, 5.41) is 4.74. The molecule has 0 atom stereocenters. The quantitative estimate of drug-likeness (QED) is 0.394. The average Bonchev–Trinajstić information content (AvgIpc) is 1.57. The van der Waals surface area contributed by atoms with Crippen LogP contribution in [0.2, 0.25) is 26.2 Å². The molecule has 0 aromatic carbocycles. The smallest absolute Gasteiger partial charge is 0.292 e. The Kier molecular flexibility index (Phi) is 3.14. The Morgan fingerprint density at radius 3 is 1.10 bits per heavy atom. The summed E-state index contributed by atoms with van der Waals surface area (Å²) in [6.07, 6.45) is 0. The van der Waals surface area contributed by atoms with Crippen LogP contribution in [0.5, 0.6) is 0 Å². The van der Waals surface area contributed by atoms with E-state index in [0.29, 0.717) is 0 Å². The first-order chi connectivity index (χ1) is 4.21. The van der Waals surface area contributed by atoms with Gasteiger partial charge < -0.3 is 0 Å². The van der Waals surface area contributed by atoms with Gasteiger partial charge in [0.05, 0.1) is 0 Å². The molecule has 0 saturated carbocycles. The Balaban J connectivity index is 3.56. The van der Waals surface area contributed by atoms with Gasteiger partial charge in [-0.2, -0.15) is 0 Å². The maximum Gasteiger partial charge on any atom is 0.325 e. The minimum Gasteiger partial charge on any atom is -0.292 e. The highest BCUT2D eigenvalue weighted by molar-refractivity contribution is 6.72. The van der Waals surface area contributed by atoms with Gasteiger partial charge in [-0.15, -0.1) is 0 Å². The van der Waals surface area contributed by atoms with Gasteiger partial charge in [-0.1, -0.05) is 0 Å². The van der Waals surface area contributed by atoms with Crippen molar-refractivity contribution < 1.29 is 8.22 Å². The van der Waals surface area contributed by atoms with E-state index in [9.17, 15) is 8.22 Å². The summed E-state index contributed by atoms with van der Waals surface area (Å²) in [6, 6.07) is 0. The van der Waals surface area contributed by atoms with Crippen LogP contribution in [-0.4, -0.2) is 17.1 Å². The average molecular weight is 184 g/mol. The molecule has 0 aromatic rings. The van der Waals surface area contributed by atoms with Crippen LogP contribution in [0, 0.1) is 0 Å². The van der Waals surface area contributed by atoms with Crippen molar-refractivity contribution >= 4 is 17.1 Å². The van der Waals surface area contributed by atoms with Crippen molar-refractivity contribution in [3.8, 4) is 0 Å². The minimum atomic E-state index is -2.83. The highest BCUT2D eigenvalue weighted by atomic mass is 28.4. The molecule has 0 heterocycles. The Hall–Kier alpha value is 0.214. The van der Waals surface area contributed by atoms with E-state index in [1.54, 1.807) is 0 Å². The highest BCUT2D eigenvalue weighted by Gasteiger charge is 2.26. The Labute approximate surface area is 62.5 Å². The topological polar surface area (TPSA) is 24.1 Å². The fourth-order valence-electron chi connectivity index (χ4n) is 0.297. The molecule has 10 heavy (non-hydrogen) atoms. The first-order valence-corrected chi connectivity index (χ1v) is 8.88. The molecular weight excluding hydrogens is 170 g/mol. The maximum atomic E-state index is 12.7. The van der Waals surface area contributed by atoms with Gasteiger partial charge in [-0.25, -0.2) is 0 Å². The fourth-order valence-corrected chi connectivity index (χ4v) is 2.68. The molecule has 0 radical (unpaired) electrons. The molecule has 0 saturated heterocycles. The van der Waals surface area contributed by atoms with Gasteiger partial charge in [-0.3, -0.25) is 18.4 Å². The van der Waals surface area contributed by atoms with Crippen molar-refractivity contribution in [3.63, 3.8) is 0 Å². The van der Waals surface area contributed by atoms with E-state index in [2.05, 4.69) is 10.2 Å². The molecular formula is C4H14F2N2Si2. The molecule has 0 unspecified atom stereocenters. The van der Waals surface area contributed by atoms with E-state index in [0.717, 1.165) is 0 Å². The summed E-state index contributed by atoms with van der Waals surface area (Å²) in [5.41, 5.74) is 0. The number of rotatable bonds is 3. The highest BCUT2D eigenvalue weighted by Crippen LogP contribution is 1.99. The standard InChI is InChI=1S/C4H14F2N2Si2/c1-9(2,5)7-8-10(3,4)6/h7-8H,1-4H3. The van der Waals surface area contributed by atoms with Crippen LogP contribution in [-0.2, 0) is 0 Å². The predicted molar refractivity (Wildman–Crippen MR) is 43.5 cm³/mol. The van der Waals surface area contributed by atoms with Crippen molar-refractivity contribution in [3.05, 3.63) is 0 Å². The van der Waals surface area contributed by atoms with E-state index in [1.165, 1.54) is 26.2 Å². The third-order valence-electron chi connectivity index (χ3n) is 0.657. The lowest BCUT2D eigenvalue weighted by Gasteiger charge is -2.19. The van der Waals surface area contributed by atoms with Crippen molar-refractivity contribution in [1.29, 1.82) is 0 Å². The lowest BCUT2D eigenvalue weighted by molar-refractivity contribution is 0.653. The monoisotopic (exact) mass is 184 g/mol. The Morgan fingerprint density at radius 1 is 0.800 bits per heavy atom. The van der Waals surface area contributed by atoms with Gasteiger partial charge in [0.15, 0.2) is 0 Å². The van der Waals surface area contributed by atoms with Gasteiger partial charge in [0.2, 0.25) is 0 Å². The number of hydrogen-bond acceptors (Lipinski definition) is 2. The molecule has 0 aromatic heterocycles. The zero-order valence-corrected chi connectivity index (χ0v) is 8.76. The number of halogens is 2. The molecule has 62 valence electrons. The zero-order chi connectivity index (χ0) is 8.41.